The Hall–Kier alpha value is -3.65. The first-order valence-electron chi connectivity index (χ1n) is 10.0. The van der Waals surface area contributed by atoms with Crippen LogP contribution in [0.3, 0.4) is 0 Å². The highest BCUT2D eigenvalue weighted by atomic mass is 16.5. The number of hydrogen-bond acceptors (Lipinski definition) is 5. The summed E-state index contributed by atoms with van der Waals surface area (Å²) in [6.07, 6.45) is 3.29. The van der Waals surface area contributed by atoms with Crippen LogP contribution in [-0.4, -0.2) is 25.2 Å². The molecule has 0 aliphatic carbocycles. The van der Waals surface area contributed by atoms with Crippen molar-refractivity contribution in [1.82, 2.24) is 0 Å². The van der Waals surface area contributed by atoms with Gasteiger partial charge >= 0.3 is 11.9 Å². The third kappa shape index (κ3) is 5.92. The molecule has 0 aliphatic rings. The number of benzene rings is 3. The van der Waals surface area contributed by atoms with E-state index >= 15 is 0 Å². The summed E-state index contributed by atoms with van der Waals surface area (Å²) >= 11 is 0. The van der Waals surface area contributed by atoms with Crippen LogP contribution in [0.4, 0.5) is 0 Å². The molecule has 3 aromatic rings. The minimum Gasteiger partial charge on any atom is -0.462 e. The summed E-state index contributed by atoms with van der Waals surface area (Å²) in [6, 6.07) is 21.8. The molecule has 0 N–H and O–H groups in total. The molecule has 3 aromatic carbocycles. The van der Waals surface area contributed by atoms with Gasteiger partial charge in [0.05, 0.1) is 36.0 Å². The molecule has 0 aliphatic heterocycles. The van der Waals surface area contributed by atoms with Crippen molar-refractivity contribution >= 4 is 22.7 Å². The number of esters is 2. The Bertz CT molecular complexity index is 1050. The number of unbranched alkanes of at least 4 members (excludes halogenated alkanes) is 3. The van der Waals surface area contributed by atoms with E-state index in [1.165, 1.54) is 0 Å². The SMILES string of the molecule is N#Cc1ccc(C(=O)OCCCCCCOC(=O)c2ccc3ccccc3c2)cc1. The summed E-state index contributed by atoms with van der Waals surface area (Å²) in [4.78, 5) is 24.1. The lowest BCUT2D eigenvalue weighted by Gasteiger charge is -2.07. The number of ether oxygens (including phenoxy) is 2. The zero-order valence-corrected chi connectivity index (χ0v) is 16.7. The van der Waals surface area contributed by atoms with E-state index in [9.17, 15) is 9.59 Å². The monoisotopic (exact) mass is 401 g/mol. The first-order chi connectivity index (χ1) is 14.7. The summed E-state index contributed by atoms with van der Waals surface area (Å²) in [5, 5.41) is 10.9. The smallest absolute Gasteiger partial charge is 0.338 e. The third-order valence-electron chi connectivity index (χ3n) is 4.74. The van der Waals surface area contributed by atoms with Crippen molar-refractivity contribution in [3.8, 4) is 6.07 Å². The Morgan fingerprint density at radius 1 is 0.700 bits per heavy atom. The molecule has 5 nitrogen and oxygen atoms in total. The average molecular weight is 401 g/mol. The predicted octanol–water partition coefficient (Wildman–Crippen LogP) is 5.29. The molecular weight excluding hydrogens is 378 g/mol. The summed E-state index contributed by atoms with van der Waals surface area (Å²) < 4.78 is 10.6. The second-order valence-corrected chi connectivity index (χ2v) is 6.94. The second-order valence-electron chi connectivity index (χ2n) is 6.94. The number of carbonyl (C=O) groups is 2. The Balaban J connectivity index is 1.28. The van der Waals surface area contributed by atoms with Gasteiger partial charge in [-0.3, -0.25) is 0 Å². The van der Waals surface area contributed by atoms with E-state index in [0.717, 1.165) is 36.5 Å². The molecule has 3 rings (SSSR count). The minimum atomic E-state index is -0.385. The molecule has 0 fully saturated rings. The van der Waals surface area contributed by atoms with Gasteiger partial charge in [-0.2, -0.15) is 5.26 Å². The number of rotatable bonds is 9. The lowest BCUT2D eigenvalue weighted by molar-refractivity contribution is 0.0474. The first kappa shape index (κ1) is 21.1. The molecule has 0 unspecified atom stereocenters. The van der Waals surface area contributed by atoms with Crippen molar-refractivity contribution < 1.29 is 19.1 Å². The fourth-order valence-electron chi connectivity index (χ4n) is 3.05. The van der Waals surface area contributed by atoms with E-state index in [2.05, 4.69) is 0 Å². The maximum atomic E-state index is 12.2. The molecule has 0 saturated heterocycles. The fourth-order valence-corrected chi connectivity index (χ4v) is 3.05. The largest absolute Gasteiger partial charge is 0.462 e. The lowest BCUT2D eigenvalue weighted by Crippen LogP contribution is -2.07. The number of nitriles is 1. The van der Waals surface area contributed by atoms with E-state index in [-0.39, 0.29) is 11.9 Å². The van der Waals surface area contributed by atoms with E-state index in [1.807, 2.05) is 42.5 Å². The van der Waals surface area contributed by atoms with Gasteiger partial charge in [0.25, 0.3) is 0 Å². The summed E-state index contributed by atoms with van der Waals surface area (Å²) in [5.41, 5.74) is 1.51. The van der Waals surface area contributed by atoms with Crippen LogP contribution < -0.4 is 0 Å². The molecule has 0 bridgehead atoms. The van der Waals surface area contributed by atoms with Gasteiger partial charge in [-0.25, -0.2) is 9.59 Å². The maximum Gasteiger partial charge on any atom is 0.338 e. The van der Waals surface area contributed by atoms with Gasteiger partial charge in [0, 0.05) is 0 Å². The second kappa shape index (κ2) is 10.8. The van der Waals surface area contributed by atoms with Crippen LogP contribution in [-0.2, 0) is 9.47 Å². The Labute approximate surface area is 175 Å². The van der Waals surface area contributed by atoms with Crippen molar-refractivity contribution in [3.05, 3.63) is 83.4 Å². The minimum absolute atomic E-state index is 0.308. The molecule has 0 amide bonds. The topological polar surface area (TPSA) is 76.4 Å². The van der Waals surface area contributed by atoms with Crippen LogP contribution in [0.25, 0.3) is 10.8 Å². The van der Waals surface area contributed by atoms with Crippen molar-refractivity contribution in [2.45, 2.75) is 25.7 Å². The molecule has 30 heavy (non-hydrogen) atoms. The molecular formula is C25H23NO4. The average Bonchev–Trinajstić information content (AvgIpc) is 2.80. The van der Waals surface area contributed by atoms with Gasteiger partial charge in [0.15, 0.2) is 0 Å². The van der Waals surface area contributed by atoms with Crippen LogP contribution >= 0.6 is 0 Å². The molecule has 0 atom stereocenters. The number of hydrogen-bond donors (Lipinski definition) is 0. The van der Waals surface area contributed by atoms with Gasteiger partial charge in [0.1, 0.15) is 0 Å². The summed E-state index contributed by atoms with van der Waals surface area (Å²) in [7, 11) is 0. The van der Waals surface area contributed by atoms with E-state index in [0.29, 0.717) is 29.9 Å². The van der Waals surface area contributed by atoms with Crippen molar-refractivity contribution in [2.24, 2.45) is 0 Å². The first-order valence-corrected chi connectivity index (χ1v) is 10.0. The van der Waals surface area contributed by atoms with Crippen molar-refractivity contribution in [1.29, 1.82) is 5.26 Å². The zero-order valence-electron chi connectivity index (χ0n) is 16.7. The van der Waals surface area contributed by atoms with E-state index in [1.54, 1.807) is 30.3 Å². The van der Waals surface area contributed by atoms with Crippen molar-refractivity contribution in [3.63, 3.8) is 0 Å². The van der Waals surface area contributed by atoms with E-state index < -0.39 is 0 Å². The molecule has 0 heterocycles. The fraction of sp³-hybridized carbons (Fsp3) is 0.240. The Morgan fingerprint density at radius 2 is 1.27 bits per heavy atom. The summed E-state index contributed by atoms with van der Waals surface area (Å²) in [5.74, 6) is -0.694. The number of fused-ring (bicyclic) bond motifs is 1. The lowest BCUT2D eigenvalue weighted by atomic mass is 10.1. The van der Waals surface area contributed by atoms with Crippen molar-refractivity contribution in [2.75, 3.05) is 13.2 Å². The molecule has 0 saturated carbocycles. The van der Waals surface area contributed by atoms with Gasteiger partial charge in [-0.05, 0) is 72.9 Å². The normalized spacial score (nSPS) is 10.4. The third-order valence-corrected chi connectivity index (χ3v) is 4.74. The highest BCUT2D eigenvalue weighted by Gasteiger charge is 2.08. The highest BCUT2D eigenvalue weighted by Crippen LogP contribution is 2.16. The van der Waals surface area contributed by atoms with E-state index in [4.69, 9.17) is 14.7 Å². The molecule has 0 radical (unpaired) electrons. The van der Waals surface area contributed by atoms with Crippen LogP contribution in [0, 0.1) is 11.3 Å². The van der Waals surface area contributed by atoms with Gasteiger partial charge in [-0.15, -0.1) is 0 Å². The van der Waals surface area contributed by atoms with Gasteiger partial charge in [0.2, 0.25) is 0 Å². The van der Waals surface area contributed by atoms with Gasteiger partial charge < -0.3 is 9.47 Å². The summed E-state index contributed by atoms with van der Waals surface area (Å²) in [6.45, 7) is 0.715. The van der Waals surface area contributed by atoms with Crippen LogP contribution in [0.1, 0.15) is 52.0 Å². The molecule has 152 valence electrons. The molecule has 5 heteroatoms. The highest BCUT2D eigenvalue weighted by molar-refractivity contribution is 5.95. The standard InChI is InChI=1S/C25H23NO4/c26-18-19-9-11-21(12-10-19)24(27)29-15-5-1-2-6-16-30-25(28)23-14-13-20-7-3-4-8-22(20)17-23/h3-4,7-14,17H,1-2,5-6,15-16H2. The molecule has 0 aromatic heterocycles. The quantitative estimate of drug-likeness (QED) is 0.360. The van der Waals surface area contributed by atoms with Crippen LogP contribution in [0.15, 0.2) is 66.7 Å². The van der Waals surface area contributed by atoms with Crippen LogP contribution in [0.2, 0.25) is 0 Å². The van der Waals surface area contributed by atoms with Gasteiger partial charge in [-0.1, -0.05) is 30.3 Å². The Kier molecular flexibility index (Phi) is 7.57. The van der Waals surface area contributed by atoms with Crippen LogP contribution in [0.5, 0.6) is 0 Å². The predicted molar refractivity (Wildman–Crippen MR) is 114 cm³/mol. The molecule has 0 spiro atoms. The zero-order chi connectivity index (χ0) is 21.2. The Morgan fingerprint density at radius 3 is 1.90 bits per heavy atom. The number of nitrogens with zero attached hydrogens (tertiary/aromatic N) is 1. The number of carbonyl (C=O) groups excluding carboxylic acids is 2. The maximum absolute atomic E-state index is 12.2.